The van der Waals surface area contributed by atoms with Crippen molar-refractivity contribution in [2.24, 2.45) is 0 Å². The van der Waals surface area contributed by atoms with Gasteiger partial charge >= 0.3 is 0 Å². The Bertz CT molecular complexity index is 276. The van der Waals surface area contributed by atoms with Crippen LogP contribution in [0, 0.1) is 0 Å². The number of hydrogen-bond donors (Lipinski definition) is 1. The molecule has 1 aromatic heterocycles. The minimum absolute atomic E-state index is 0.695. The zero-order chi connectivity index (χ0) is 10.4. The van der Waals surface area contributed by atoms with Crippen LogP contribution < -0.4 is 10.1 Å². The van der Waals surface area contributed by atoms with Gasteiger partial charge in [-0.25, -0.2) is 4.98 Å². The highest BCUT2D eigenvalue weighted by Gasteiger charge is 1.96. The summed E-state index contributed by atoms with van der Waals surface area (Å²) in [6.45, 7) is 1.61. The summed E-state index contributed by atoms with van der Waals surface area (Å²) in [5.41, 5.74) is 0. The van der Waals surface area contributed by atoms with Crippen molar-refractivity contribution in [3.8, 4) is 5.75 Å². The second kappa shape index (κ2) is 5.44. The van der Waals surface area contributed by atoms with E-state index >= 15 is 0 Å². The molecule has 0 aliphatic heterocycles. The quantitative estimate of drug-likeness (QED) is 0.762. The van der Waals surface area contributed by atoms with Crippen LogP contribution in [0.4, 0.5) is 5.82 Å². The Morgan fingerprint density at radius 1 is 1.50 bits per heavy atom. The van der Waals surface area contributed by atoms with Crippen LogP contribution in [0.15, 0.2) is 18.3 Å². The highest BCUT2D eigenvalue weighted by Crippen LogP contribution is 2.13. The number of nitrogens with zero attached hydrogens (tertiary/aromatic N) is 2. The summed E-state index contributed by atoms with van der Waals surface area (Å²) in [6.07, 6.45) is 1.73. The standard InChI is InChI=1S/C10H17N3O/c1-11-10-8-9(4-5-12-10)14-7-6-13(2)3/h4-5,8H,6-7H2,1-3H3,(H,11,12). The molecule has 4 heteroatoms. The molecule has 0 radical (unpaired) electrons. The zero-order valence-corrected chi connectivity index (χ0v) is 8.95. The molecule has 0 atom stereocenters. The van der Waals surface area contributed by atoms with Gasteiger partial charge in [0.15, 0.2) is 0 Å². The summed E-state index contributed by atoms with van der Waals surface area (Å²) in [7, 11) is 5.88. The Balaban J connectivity index is 2.42. The third-order valence-corrected chi connectivity index (χ3v) is 1.79. The van der Waals surface area contributed by atoms with E-state index in [1.807, 2.05) is 33.3 Å². The summed E-state index contributed by atoms with van der Waals surface area (Å²) in [5, 5.41) is 2.97. The number of rotatable bonds is 5. The first-order valence-corrected chi connectivity index (χ1v) is 4.63. The summed E-state index contributed by atoms with van der Waals surface area (Å²) in [4.78, 5) is 6.18. The van der Waals surface area contributed by atoms with Gasteiger partial charge in [-0.2, -0.15) is 0 Å². The van der Waals surface area contributed by atoms with Gasteiger partial charge in [-0.05, 0) is 20.2 Å². The molecular formula is C10H17N3O. The van der Waals surface area contributed by atoms with Crippen LogP contribution in [0.25, 0.3) is 0 Å². The molecule has 1 heterocycles. The van der Waals surface area contributed by atoms with Crippen LogP contribution in [0.5, 0.6) is 5.75 Å². The molecule has 0 aromatic carbocycles. The van der Waals surface area contributed by atoms with Crippen molar-refractivity contribution in [1.82, 2.24) is 9.88 Å². The average Bonchev–Trinajstić information content (AvgIpc) is 2.18. The second-order valence-electron chi connectivity index (χ2n) is 3.28. The van der Waals surface area contributed by atoms with Crippen LogP contribution in [0.2, 0.25) is 0 Å². The monoisotopic (exact) mass is 195 g/mol. The Kier molecular flexibility index (Phi) is 4.19. The number of nitrogens with one attached hydrogen (secondary N) is 1. The second-order valence-corrected chi connectivity index (χ2v) is 3.28. The fraction of sp³-hybridized carbons (Fsp3) is 0.500. The number of likely N-dealkylation sites (N-methyl/N-ethyl adjacent to an activating group) is 1. The van der Waals surface area contributed by atoms with Crippen LogP contribution in [0.1, 0.15) is 0 Å². The minimum Gasteiger partial charge on any atom is -0.492 e. The minimum atomic E-state index is 0.695. The lowest BCUT2D eigenvalue weighted by Gasteiger charge is -2.11. The molecule has 0 aliphatic carbocycles. The van der Waals surface area contributed by atoms with Crippen LogP contribution in [0.3, 0.4) is 0 Å². The van der Waals surface area contributed by atoms with Gasteiger partial charge in [-0.1, -0.05) is 0 Å². The first-order chi connectivity index (χ1) is 6.72. The van der Waals surface area contributed by atoms with Crippen molar-refractivity contribution >= 4 is 5.82 Å². The van der Waals surface area contributed by atoms with Crippen molar-refractivity contribution in [2.75, 3.05) is 39.6 Å². The lowest BCUT2D eigenvalue weighted by Crippen LogP contribution is -2.19. The van der Waals surface area contributed by atoms with Crippen molar-refractivity contribution in [3.63, 3.8) is 0 Å². The molecule has 1 N–H and O–H groups in total. The van der Waals surface area contributed by atoms with Crippen LogP contribution in [-0.2, 0) is 0 Å². The lowest BCUT2D eigenvalue weighted by molar-refractivity contribution is 0.261. The fourth-order valence-electron chi connectivity index (χ4n) is 0.984. The van der Waals surface area contributed by atoms with Gasteiger partial charge in [-0.3, -0.25) is 0 Å². The smallest absolute Gasteiger partial charge is 0.129 e. The van der Waals surface area contributed by atoms with E-state index in [4.69, 9.17) is 4.74 Å². The fourth-order valence-corrected chi connectivity index (χ4v) is 0.984. The van der Waals surface area contributed by atoms with E-state index in [-0.39, 0.29) is 0 Å². The number of pyridine rings is 1. The van der Waals surface area contributed by atoms with E-state index in [2.05, 4.69) is 15.2 Å². The molecule has 0 saturated carbocycles. The van der Waals surface area contributed by atoms with Crippen LogP contribution >= 0.6 is 0 Å². The maximum Gasteiger partial charge on any atom is 0.129 e. The normalized spacial score (nSPS) is 10.3. The van der Waals surface area contributed by atoms with Gasteiger partial charge in [0.2, 0.25) is 0 Å². The molecular weight excluding hydrogens is 178 g/mol. The summed E-state index contributed by atoms with van der Waals surface area (Å²) in [6, 6.07) is 3.74. The molecule has 0 spiro atoms. The van der Waals surface area contributed by atoms with E-state index in [0.29, 0.717) is 6.61 Å². The molecule has 0 bridgehead atoms. The SMILES string of the molecule is CNc1cc(OCCN(C)C)ccn1. The molecule has 1 rings (SSSR count). The first kappa shape index (κ1) is 10.8. The molecule has 0 unspecified atom stereocenters. The Morgan fingerprint density at radius 2 is 2.29 bits per heavy atom. The Morgan fingerprint density at radius 3 is 2.93 bits per heavy atom. The van der Waals surface area contributed by atoms with Gasteiger partial charge in [0.25, 0.3) is 0 Å². The number of hydrogen-bond acceptors (Lipinski definition) is 4. The number of anilines is 1. The van der Waals surface area contributed by atoms with E-state index < -0.39 is 0 Å². The largest absolute Gasteiger partial charge is 0.492 e. The third kappa shape index (κ3) is 3.62. The highest BCUT2D eigenvalue weighted by molar-refractivity contribution is 5.39. The third-order valence-electron chi connectivity index (χ3n) is 1.79. The van der Waals surface area contributed by atoms with Crippen molar-refractivity contribution in [1.29, 1.82) is 0 Å². The van der Waals surface area contributed by atoms with E-state index in [1.54, 1.807) is 6.20 Å². The van der Waals surface area contributed by atoms with Gasteiger partial charge in [0.05, 0.1) is 0 Å². The van der Waals surface area contributed by atoms with Crippen molar-refractivity contribution in [2.45, 2.75) is 0 Å². The van der Waals surface area contributed by atoms with E-state index in [1.165, 1.54) is 0 Å². The predicted octanol–water partition coefficient (Wildman–Crippen LogP) is 1.06. The highest BCUT2D eigenvalue weighted by atomic mass is 16.5. The van der Waals surface area contributed by atoms with E-state index in [9.17, 15) is 0 Å². The number of aromatic nitrogens is 1. The average molecular weight is 195 g/mol. The Labute approximate surface area is 84.9 Å². The van der Waals surface area contributed by atoms with Crippen molar-refractivity contribution < 1.29 is 4.74 Å². The van der Waals surface area contributed by atoms with Crippen LogP contribution in [-0.4, -0.2) is 44.2 Å². The topological polar surface area (TPSA) is 37.4 Å². The molecule has 0 saturated heterocycles. The molecule has 0 amide bonds. The maximum atomic E-state index is 5.54. The molecule has 1 aromatic rings. The Hall–Kier alpha value is -1.29. The molecule has 4 nitrogen and oxygen atoms in total. The molecule has 0 aliphatic rings. The van der Waals surface area contributed by atoms with Gasteiger partial charge in [0, 0.05) is 25.9 Å². The summed E-state index contributed by atoms with van der Waals surface area (Å²) < 4.78 is 5.54. The molecule has 0 fully saturated rings. The van der Waals surface area contributed by atoms with Gasteiger partial charge in [0.1, 0.15) is 18.2 Å². The molecule has 14 heavy (non-hydrogen) atoms. The van der Waals surface area contributed by atoms with Gasteiger partial charge in [-0.15, -0.1) is 0 Å². The molecule has 78 valence electrons. The maximum absolute atomic E-state index is 5.54. The summed E-state index contributed by atoms with van der Waals surface area (Å²) >= 11 is 0. The lowest BCUT2D eigenvalue weighted by atomic mass is 10.4. The summed E-state index contributed by atoms with van der Waals surface area (Å²) in [5.74, 6) is 1.68. The van der Waals surface area contributed by atoms with Gasteiger partial charge < -0.3 is 15.0 Å². The zero-order valence-electron chi connectivity index (χ0n) is 8.95. The van der Waals surface area contributed by atoms with E-state index in [0.717, 1.165) is 18.1 Å². The number of ether oxygens (including phenoxy) is 1. The van der Waals surface area contributed by atoms with Crippen molar-refractivity contribution in [3.05, 3.63) is 18.3 Å². The first-order valence-electron chi connectivity index (χ1n) is 4.63. The predicted molar refractivity (Wildman–Crippen MR) is 57.8 cm³/mol.